The van der Waals surface area contributed by atoms with Crippen LogP contribution in [0.15, 0.2) is 54.9 Å². The Morgan fingerprint density at radius 1 is 1.12 bits per heavy atom. The number of carbonyl (C=O) groups is 1. The van der Waals surface area contributed by atoms with Crippen LogP contribution in [0.2, 0.25) is 0 Å². The molecule has 122 valence electrons. The van der Waals surface area contributed by atoms with Gasteiger partial charge in [0.15, 0.2) is 0 Å². The molecule has 0 spiro atoms. The van der Waals surface area contributed by atoms with Gasteiger partial charge in [-0.2, -0.15) is 0 Å². The van der Waals surface area contributed by atoms with Gasteiger partial charge in [-0.25, -0.2) is 4.98 Å². The first kappa shape index (κ1) is 14.9. The molecule has 24 heavy (non-hydrogen) atoms. The molecule has 0 radical (unpaired) electrons. The van der Waals surface area contributed by atoms with Crippen molar-refractivity contribution in [1.29, 1.82) is 0 Å². The number of pyridine rings is 1. The summed E-state index contributed by atoms with van der Waals surface area (Å²) < 4.78 is 2.03. The highest BCUT2D eigenvalue weighted by molar-refractivity contribution is 5.78. The lowest BCUT2D eigenvalue weighted by Gasteiger charge is -2.15. The fourth-order valence-electron chi connectivity index (χ4n) is 3.52. The molecule has 1 atom stereocenters. The lowest BCUT2D eigenvalue weighted by Crippen LogP contribution is -2.25. The molecule has 0 aliphatic carbocycles. The van der Waals surface area contributed by atoms with E-state index < -0.39 is 0 Å². The van der Waals surface area contributed by atoms with Gasteiger partial charge in [0.05, 0.1) is 12.2 Å². The fraction of sp³-hybridized carbons (Fsp3) is 0.300. The molecule has 1 fully saturated rings. The predicted molar refractivity (Wildman–Crippen MR) is 93.6 cm³/mol. The first-order chi connectivity index (χ1) is 11.7. The van der Waals surface area contributed by atoms with Crippen LogP contribution in [0, 0.1) is 12.8 Å². The molecule has 3 heterocycles. The van der Waals surface area contributed by atoms with E-state index in [2.05, 4.69) is 48.4 Å². The third-order valence-corrected chi connectivity index (χ3v) is 4.66. The van der Waals surface area contributed by atoms with Gasteiger partial charge in [-0.05, 0) is 36.5 Å². The minimum Gasteiger partial charge on any atom is -0.336 e. The van der Waals surface area contributed by atoms with E-state index in [1.54, 1.807) is 0 Å². The Morgan fingerprint density at radius 3 is 2.79 bits per heavy atom. The van der Waals surface area contributed by atoms with E-state index in [1.807, 2.05) is 27.6 Å². The largest absolute Gasteiger partial charge is 0.336 e. The van der Waals surface area contributed by atoms with Gasteiger partial charge in [-0.15, -0.1) is 0 Å². The van der Waals surface area contributed by atoms with E-state index in [1.165, 1.54) is 11.1 Å². The zero-order valence-corrected chi connectivity index (χ0v) is 13.9. The predicted octanol–water partition coefficient (Wildman–Crippen LogP) is 3.23. The van der Waals surface area contributed by atoms with E-state index in [4.69, 9.17) is 0 Å². The number of likely N-dealkylation sites (tertiary alicyclic amines) is 1. The zero-order chi connectivity index (χ0) is 16.5. The van der Waals surface area contributed by atoms with Crippen LogP contribution in [0.4, 0.5) is 0 Å². The Hall–Kier alpha value is -2.62. The minimum atomic E-state index is 0.240. The van der Waals surface area contributed by atoms with Gasteiger partial charge in [0.1, 0.15) is 5.65 Å². The Morgan fingerprint density at radius 2 is 1.96 bits per heavy atom. The van der Waals surface area contributed by atoms with Gasteiger partial charge >= 0.3 is 0 Å². The van der Waals surface area contributed by atoms with Gasteiger partial charge in [0, 0.05) is 25.4 Å². The lowest BCUT2D eigenvalue weighted by molar-refractivity contribution is -0.128. The molecule has 0 N–H and O–H groups in total. The summed E-state index contributed by atoms with van der Waals surface area (Å²) in [6, 6.07) is 14.5. The summed E-state index contributed by atoms with van der Waals surface area (Å²) in [6.45, 7) is 3.49. The highest BCUT2D eigenvalue weighted by Gasteiger charge is 2.29. The number of fused-ring (bicyclic) bond motifs is 1. The third kappa shape index (κ3) is 3.04. The van der Waals surface area contributed by atoms with Crippen molar-refractivity contribution in [3.63, 3.8) is 0 Å². The van der Waals surface area contributed by atoms with Crippen molar-refractivity contribution < 1.29 is 4.79 Å². The monoisotopic (exact) mass is 319 g/mol. The Labute approximate surface area is 141 Å². The van der Waals surface area contributed by atoms with Crippen LogP contribution in [0.3, 0.4) is 0 Å². The molecule has 1 aliphatic heterocycles. The van der Waals surface area contributed by atoms with Crippen LogP contribution in [-0.4, -0.2) is 26.7 Å². The van der Waals surface area contributed by atoms with E-state index in [0.29, 0.717) is 18.9 Å². The average molecular weight is 319 g/mol. The highest BCUT2D eigenvalue weighted by Crippen LogP contribution is 2.23. The van der Waals surface area contributed by atoms with E-state index in [9.17, 15) is 4.79 Å². The number of hydrogen-bond acceptors (Lipinski definition) is 2. The van der Waals surface area contributed by atoms with Crippen LogP contribution in [0.25, 0.3) is 5.65 Å². The second-order valence-electron chi connectivity index (χ2n) is 6.74. The van der Waals surface area contributed by atoms with Crippen molar-refractivity contribution in [2.45, 2.75) is 26.3 Å². The Kier molecular flexibility index (Phi) is 3.81. The van der Waals surface area contributed by atoms with Crippen LogP contribution in [0.1, 0.15) is 23.2 Å². The van der Waals surface area contributed by atoms with Gasteiger partial charge in [0.25, 0.3) is 0 Å². The number of nitrogens with zero attached hydrogens (tertiary/aromatic N) is 3. The first-order valence-electron chi connectivity index (χ1n) is 8.43. The minimum absolute atomic E-state index is 0.240. The molecule has 1 saturated heterocycles. The molecule has 4 rings (SSSR count). The van der Waals surface area contributed by atoms with Crippen LogP contribution in [0.5, 0.6) is 0 Å². The maximum atomic E-state index is 12.3. The fourth-order valence-corrected chi connectivity index (χ4v) is 3.52. The number of benzene rings is 1. The maximum absolute atomic E-state index is 12.3. The average Bonchev–Trinajstić information content (AvgIpc) is 3.11. The smallest absolute Gasteiger partial charge is 0.223 e. The van der Waals surface area contributed by atoms with Crippen LogP contribution >= 0.6 is 0 Å². The van der Waals surface area contributed by atoms with E-state index in [0.717, 1.165) is 24.3 Å². The summed E-state index contributed by atoms with van der Waals surface area (Å²) in [6.07, 6.45) is 5.70. The number of aromatic nitrogens is 2. The zero-order valence-electron chi connectivity index (χ0n) is 13.9. The topological polar surface area (TPSA) is 37.6 Å². The standard InChI is InChI=1S/C20H21N3O/c1-15-7-8-19-21-18(13-22(19)11-15)14-23-12-17(10-20(23)24)9-16-5-3-2-4-6-16/h2-8,11,13,17H,9-10,12,14H2,1H3. The number of hydrogen-bond donors (Lipinski definition) is 0. The van der Waals surface area contributed by atoms with Crippen molar-refractivity contribution in [2.24, 2.45) is 5.92 Å². The molecule has 1 aromatic carbocycles. The van der Waals surface area contributed by atoms with Crippen molar-refractivity contribution in [2.75, 3.05) is 6.54 Å². The van der Waals surface area contributed by atoms with E-state index in [-0.39, 0.29) is 5.91 Å². The van der Waals surface area contributed by atoms with E-state index >= 15 is 0 Å². The second-order valence-corrected chi connectivity index (χ2v) is 6.74. The molecule has 4 heteroatoms. The molecular weight excluding hydrogens is 298 g/mol. The summed E-state index contributed by atoms with van der Waals surface area (Å²) in [5.74, 6) is 0.642. The maximum Gasteiger partial charge on any atom is 0.223 e. The molecule has 0 saturated carbocycles. The SMILES string of the molecule is Cc1ccc2nc(CN3CC(Cc4ccccc4)CC3=O)cn2c1. The number of amides is 1. The molecule has 1 unspecified atom stereocenters. The summed E-state index contributed by atoms with van der Waals surface area (Å²) in [5.41, 5.74) is 4.39. The van der Waals surface area contributed by atoms with Gasteiger partial charge in [-0.1, -0.05) is 36.4 Å². The van der Waals surface area contributed by atoms with Gasteiger partial charge < -0.3 is 9.30 Å². The third-order valence-electron chi connectivity index (χ3n) is 4.66. The van der Waals surface area contributed by atoms with Gasteiger partial charge in [0.2, 0.25) is 5.91 Å². The summed E-state index contributed by atoms with van der Waals surface area (Å²) in [7, 11) is 0. The van der Waals surface area contributed by atoms with Crippen molar-refractivity contribution >= 4 is 11.6 Å². The number of rotatable bonds is 4. The second kappa shape index (κ2) is 6.11. The molecule has 4 nitrogen and oxygen atoms in total. The van der Waals surface area contributed by atoms with Crippen LogP contribution < -0.4 is 0 Å². The summed E-state index contributed by atoms with van der Waals surface area (Å²) >= 11 is 0. The summed E-state index contributed by atoms with van der Waals surface area (Å²) in [4.78, 5) is 18.9. The summed E-state index contributed by atoms with van der Waals surface area (Å²) in [5, 5.41) is 0. The first-order valence-corrected chi connectivity index (χ1v) is 8.43. The Bertz CT molecular complexity index is 869. The molecule has 3 aromatic rings. The highest BCUT2D eigenvalue weighted by atomic mass is 16.2. The van der Waals surface area contributed by atoms with Crippen molar-refractivity contribution in [3.8, 4) is 0 Å². The lowest BCUT2D eigenvalue weighted by atomic mass is 9.99. The number of imidazole rings is 1. The molecule has 1 aliphatic rings. The number of aryl methyl sites for hydroxylation is 1. The van der Waals surface area contributed by atoms with Crippen molar-refractivity contribution in [3.05, 3.63) is 71.7 Å². The molecular formula is C20H21N3O. The molecule has 0 bridgehead atoms. The molecule has 1 amide bonds. The van der Waals surface area contributed by atoms with Crippen molar-refractivity contribution in [1.82, 2.24) is 14.3 Å². The Balaban J connectivity index is 1.45. The number of carbonyl (C=O) groups excluding carboxylic acids is 1. The normalized spacial score (nSPS) is 17.8. The van der Waals surface area contributed by atoms with Crippen LogP contribution in [-0.2, 0) is 17.8 Å². The quantitative estimate of drug-likeness (QED) is 0.740. The van der Waals surface area contributed by atoms with Gasteiger partial charge in [-0.3, -0.25) is 4.79 Å². The molecule has 2 aromatic heterocycles.